The maximum Gasteiger partial charge on any atom is 0.177 e. The number of aromatic amines is 1. The van der Waals surface area contributed by atoms with Gasteiger partial charge in [0.05, 0.1) is 0 Å². The topological polar surface area (TPSA) is 46.5 Å². The zero-order valence-electron chi connectivity index (χ0n) is 6.45. The molecule has 0 aliphatic rings. The first-order chi connectivity index (χ1) is 5.77. The van der Waals surface area contributed by atoms with E-state index in [0.717, 1.165) is 16.3 Å². The summed E-state index contributed by atoms with van der Waals surface area (Å²) >= 11 is 3.29. The summed E-state index contributed by atoms with van der Waals surface area (Å²) < 4.78 is 2.72. The molecule has 1 N–H and O–H groups in total. The number of aromatic nitrogens is 4. The minimum Gasteiger partial charge on any atom is -0.342 e. The number of hydrogen-bond acceptors (Lipinski definition) is 2. The van der Waals surface area contributed by atoms with Gasteiger partial charge < -0.3 is 9.55 Å². The lowest BCUT2D eigenvalue weighted by Crippen LogP contribution is -1.92. The van der Waals surface area contributed by atoms with Gasteiger partial charge in [-0.25, -0.2) is 9.97 Å². The van der Waals surface area contributed by atoms with Crippen LogP contribution in [0.2, 0.25) is 0 Å². The molecule has 62 valence electrons. The van der Waals surface area contributed by atoms with E-state index in [1.54, 1.807) is 12.4 Å². The van der Waals surface area contributed by atoms with Crippen LogP contribution in [0.3, 0.4) is 0 Å². The fourth-order valence-electron chi connectivity index (χ4n) is 1.04. The van der Waals surface area contributed by atoms with Gasteiger partial charge in [0, 0.05) is 25.6 Å². The first-order valence-electron chi connectivity index (χ1n) is 3.46. The molecule has 0 bridgehead atoms. The summed E-state index contributed by atoms with van der Waals surface area (Å²) in [6, 6.07) is 0. The molecule has 0 atom stereocenters. The molecule has 0 radical (unpaired) electrons. The smallest absolute Gasteiger partial charge is 0.177 e. The highest BCUT2D eigenvalue weighted by Crippen LogP contribution is 2.15. The Kier molecular flexibility index (Phi) is 1.73. The van der Waals surface area contributed by atoms with Gasteiger partial charge in [-0.3, -0.25) is 0 Å². The van der Waals surface area contributed by atoms with Crippen molar-refractivity contribution in [1.29, 1.82) is 0 Å². The summed E-state index contributed by atoms with van der Waals surface area (Å²) in [4.78, 5) is 11.3. The Morgan fingerprint density at radius 3 is 2.92 bits per heavy atom. The lowest BCUT2D eigenvalue weighted by Gasteiger charge is -1.94. The number of H-pyrrole nitrogens is 1. The van der Waals surface area contributed by atoms with Gasteiger partial charge in [0.2, 0.25) is 0 Å². The predicted octanol–water partition coefficient (Wildman–Crippen LogP) is 1.57. The standard InChI is InChI=1S/C7H7BrN4/c1-12-4-5(8)11-7(12)6-9-2-3-10-6/h2-4H,1H3,(H,9,10). The van der Waals surface area contributed by atoms with E-state index in [1.807, 2.05) is 17.8 Å². The fraction of sp³-hybridized carbons (Fsp3) is 0.143. The van der Waals surface area contributed by atoms with Crippen LogP contribution in [0, 0.1) is 0 Å². The molecule has 2 aromatic rings. The zero-order chi connectivity index (χ0) is 8.55. The van der Waals surface area contributed by atoms with Crippen LogP contribution < -0.4 is 0 Å². The van der Waals surface area contributed by atoms with Crippen molar-refractivity contribution in [2.45, 2.75) is 0 Å². The van der Waals surface area contributed by atoms with Crippen molar-refractivity contribution >= 4 is 15.9 Å². The summed E-state index contributed by atoms with van der Waals surface area (Å²) in [6.07, 6.45) is 5.37. The number of nitrogens with zero attached hydrogens (tertiary/aromatic N) is 3. The summed E-state index contributed by atoms with van der Waals surface area (Å²) in [5.74, 6) is 1.61. The zero-order valence-corrected chi connectivity index (χ0v) is 8.04. The van der Waals surface area contributed by atoms with Crippen molar-refractivity contribution < 1.29 is 0 Å². The quantitative estimate of drug-likeness (QED) is 0.803. The normalized spacial score (nSPS) is 10.5. The molecule has 0 amide bonds. The Morgan fingerprint density at radius 1 is 1.58 bits per heavy atom. The van der Waals surface area contributed by atoms with Gasteiger partial charge in [0.1, 0.15) is 4.60 Å². The largest absolute Gasteiger partial charge is 0.342 e. The summed E-state index contributed by atoms with van der Waals surface area (Å²) in [5, 5.41) is 0. The van der Waals surface area contributed by atoms with Gasteiger partial charge in [-0.1, -0.05) is 0 Å². The Labute approximate surface area is 77.8 Å². The third-order valence-electron chi connectivity index (χ3n) is 1.56. The van der Waals surface area contributed by atoms with Gasteiger partial charge in [0.15, 0.2) is 11.6 Å². The van der Waals surface area contributed by atoms with Crippen molar-refractivity contribution in [3.8, 4) is 11.6 Å². The minimum absolute atomic E-state index is 0.781. The number of aryl methyl sites for hydroxylation is 1. The number of rotatable bonds is 1. The molecule has 2 rings (SSSR count). The molecule has 0 saturated heterocycles. The third kappa shape index (κ3) is 1.16. The molecule has 0 aliphatic carbocycles. The molecule has 0 spiro atoms. The summed E-state index contributed by atoms with van der Waals surface area (Å²) in [6.45, 7) is 0. The van der Waals surface area contributed by atoms with Gasteiger partial charge in [-0.05, 0) is 15.9 Å². The molecule has 0 aromatic carbocycles. The van der Waals surface area contributed by atoms with Crippen molar-refractivity contribution in [3.05, 3.63) is 23.2 Å². The molecule has 0 aliphatic heterocycles. The van der Waals surface area contributed by atoms with Crippen LogP contribution in [-0.2, 0) is 7.05 Å². The van der Waals surface area contributed by atoms with E-state index in [4.69, 9.17) is 0 Å². The van der Waals surface area contributed by atoms with Crippen molar-refractivity contribution in [3.63, 3.8) is 0 Å². The molecular weight excluding hydrogens is 220 g/mol. The first-order valence-corrected chi connectivity index (χ1v) is 4.25. The molecule has 0 unspecified atom stereocenters. The molecule has 4 nitrogen and oxygen atoms in total. The average Bonchev–Trinajstić information content (AvgIpc) is 2.58. The van der Waals surface area contributed by atoms with Crippen molar-refractivity contribution in [2.24, 2.45) is 7.05 Å². The fourth-order valence-corrected chi connectivity index (χ4v) is 1.51. The van der Waals surface area contributed by atoms with Crippen LogP contribution in [0.15, 0.2) is 23.2 Å². The van der Waals surface area contributed by atoms with Crippen LogP contribution in [0.25, 0.3) is 11.6 Å². The Bertz CT molecular complexity index is 376. The molecular formula is C7H7BrN4. The monoisotopic (exact) mass is 226 g/mol. The highest BCUT2D eigenvalue weighted by atomic mass is 79.9. The number of imidazole rings is 2. The molecule has 12 heavy (non-hydrogen) atoms. The second-order valence-electron chi connectivity index (χ2n) is 2.44. The second kappa shape index (κ2) is 2.75. The van der Waals surface area contributed by atoms with Crippen LogP contribution in [0.4, 0.5) is 0 Å². The molecule has 2 heterocycles. The average molecular weight is 227 g/mol. The Hall–Kier alpha value is -1.10. The van der Waals surface area contributed by atoms with E-state index in [2.05, 4.69) is 30.9 Å². The van der Waals surface area contributed by atoms with E-state index < -0.39 is 0 Å². The maximum absolute atomic E-state index is 4.24. The van der Waals surface area contributed by atoms with Crippen LogP contribution in [0.1, 0.15) is 0 Å². The number of halogens is 1. The van der Waals surface area contributed by atoms with Crippen LogP contribution >= 0.6 is 15.9 Å². The van der Waals surface area contributed by atoms with Gasteiger partial charge in [0.25, 0.3) is 0 Å². The van der Waals surface area contributed by atoms with E-state index in [9.17, 15) is 0 Å². The SMILES string of the molecule is Cn1cc(Br)nc1-c1ncc[nH]1. The Morgan fingerprint density at radius 2 is 2.42 bits per heavy atom. The van der Waals surface area contributed by atoms with Crippen LogP contribution in [-0.4, -0.2) is 19.5 Å². The van der Waals surface area contributed by atoms with Crippen molar-refractivity contribution in [2.75, 3.05) is 0 Å². The van der Waals surface area contributed by atoms with E-state index in [-0.39, 0.29) is 0 Å². The van der Waals surface area contributed by atoms with Crippen LogP contribution in [0.5, 0.6) is 0 Å². The van der Waals surface area contributed by atoms with E-state index in [1.165, 1.54) is 0 Å². The molecule has 2 aromatic heterocycles. The maximum atomic E-state index is 4.24. The van der Waals surface area contributed by atoms with Gasteiger partial charge >= 0.3 is 0 Å². The summed E-state index contributed by atoms with van der Waals surface area (Å²) in [7, 11) is 1.93. The van der Waals surface area contributed by atoms with E-state index in [0.29, 0.717) is 0 Å². The molecule has 0 fully saturated rings. The lowest BCUT2D eigenvalue weighted by molar-refractivity contribution is 0.912. The molecule has 5 heteroatoms. The highest BCUT2D eigenvalue weighted by molar-refractivity contribution is 9.10. The van der Waals surface area contributed by atoms with E-state index >= 15 is 0 Å². The first kappa shape index (κ1) is 7.54. The number of nitrogens with one attached hydrogen (secondary N) is 1. The summed E-state index contributed by atoms with van der Waals surface area (Å²) in [5.41, 5.74) is 0. The van der Waals surface area contributed by atoms with Crippen molar-refractivity contribution in [1.82, 2.24) is 19.5 Å². The second-order valence-corrected chi connectivity index (χ2v) is 3.25. The molecule has 0 saturated carbocycles. The third-order valence-corrected chi connectivity index (χ3v) is 1.94. The Balaban J connectivity index is 2.54. The van der Waals surface area contributed by atoms with Gasteiger partial charge in [-0.15, -0.1) is 0 Å². The van der Waals surface area contributed by atoms with Gasteiger partial charge in [-0.2, -0.15) is 0 Å². The minimum atomic E-state index is 0.781. The number of hydrogen-bond donors (Lipinski definition) is 1. The predicted molar refractivity (Wildman–Crippen MR) is 48.5 cm³/mol. The highest BCUT2D eigenvalue weighted by Gasteiger charge is 2.06. The lowest BCUT2D eigenvalue weighted by atomic mass is 10.6.